The Morgan fingerprint density at radius 1 is 0.814 bits per heavy atom. The molecule has 2 aliphatic rings. The van der Waals surface area contributed by atoms with Crippen LogP contribution in [0.4, 0.5) is 13.2 Å². The highest BCUT2D eigenvalue weighted by Gasteiger charge is 2.31. The molecule has 4 aromatic rings. The van der Waals surface area contributed by atoms with E-state index in [1.54, 1.807) is 30.3 Å². The van der Waals surface area contributed by atoms with Crippen LogP contribution in [0, 0.1) is 0 Å². The van der Waals surface area contributed by atoms with E-state index in [1.807, 2.05) is 0 Å². The van der Waals surface area contributed by atoms with Gasteiger partial charge in [-0.05, 0) is 53.6 Å². The molecule has 2 amide bonds. The highest BCUT2D eigenvalue weighted by Crippen LogP contribution is 2.34. The van der Waals surface area contributed by atoms with E-state index in [9.17, 15) is 22.8 Å². The molecule has 3 aromatic carbocycles. The van der Waals surface area contributed by atoms with Crippen molar-refractivity contribution in [3.8, 4) is 28.7 Å². The van der Waals surface area contributed by atoms with Crippen LogP contribution in [0.2, 0.25) is 0 Å². The van der Waals surface area contributed by atoms with Crippen molar-refractivity contribution < 1.29 is 51.0 Å². The van der Waals surface area contributed by atoms with Crippen molar-refractivity contribution in [2.24, 2.45) is 0 Å². The third-order valence-electron chi connectivity index (χ3n) is 6.47. The molecule has 0 spiro atoms. The van der Waals surface area contributed by atoms with E-state index in [-0.39, 0.29) is 50.2 Å². The van der Waals surface area contributed by atoms with Crippen molar-refractivity contribution in [3.05, 3.63) is 94.9 Å². The summed E-state index contributed by atoms with van der Waals surface area (Å²) in [5.41, 5.74) is 1.58. The topological polar surface area (TPSA) is 122 Å². The first kappa shape index (κ1) is 27.8. The van der Waals surface area contributed by atoms with E-state index in [2.05, 4.69) is 15.2 Å². The van der Waals surface area contributed by atoms with Gasteiger partial charge in [-0.25, -0.2) is 0 Å². The first-order chi connectivity index (χ1) is 20.7. The molecule has 0 atom stereocenters. The van der Waals surface area contributed by atoms with Crippen LogP contribution in [0.3, 0.4) is 0 Å². The number of nitrogens with one attached hydrogen (secondary N) is 1. The Labute approximate surface area is 241 Å². The van der Waals surface area contributed by atoms with Crippen LogP contribution in [0.5, 0.6) is 28.7 Å². The van der Waals surface area contributed by atoms with Crippen LogP contribution < -0.4 is 29.0 Å². The van der Waals surface area contributed by atoms with Gasteiger partial charge in [-0.1, -0.05) is 23.4 Å². The lowest BCUT2D eigenvalue weighted by atomic mass is 10.1. The van der Waals surface area contributed by atoms with Gasteiger partial charge in [0, 0.05) is 24.7 Å². The minimum absolute atomic E-state index is 0.000116. The third kappa shape index (κ3) is 6.58. The van der Waals surface area contributed by atoms with Gasteiger partial charge < -0.3 is 38.4 Å². The number of carbonyl (C=O) groups excluding carboxylic acids is 2. The highest BCUT2D eigenvalue weighted by molar-refractivity contribution is 5.95. The summed E-state index contributed by atoms with van der Waals surface area (Å²) >= 11 is 0. The quantitative estimate of drug-likeness (QED) is 0.290. The molecule has 0 bridgehead atoms. The molecule has 0 fully saturated rings. The van der Waals surface area contributed by atoms with E-state index in [0.717, 1.165) is 17.7 Å². The SMILES string of the molecule is O=C(NCc1ccc2c(c1)OCO2)c1cc(CN(Cc2ccc(OC(F)(F)F)cc2)C(=O)c2ccc3c(c2)OCO3)on1. The first-order valence-electron chi connectivity index (χ1n) is 12.9. The summed E-state index contributed by atoms with van der Waals surface area (Å²) in [7, 11) is 0. The number of amides is 2. The zero-order valence-electron chi connectivity index (χ0n) is 22.2. The molecule has 1 N–H and O–H groups in total. The summed E-state index contributed by atoms with van der Waals surface area (Å²) in [6, 6.07) is 16.6. The summed E-state index contributed by atoms with van der Waals surface area (Å²) in [5, 5.41) is 6.59. The number of rotatable bonds is 9. The number of hydrogen-bond donors (Lipinski definition) is 1. The van der Waals surface area contributed by atoms with Gasteiger partial charge in [-0.15, -0.1) is 13.2 Å². The van der Waals surface area contributed by atoms with Crippen LogP contribution in [0.25, 0.3) is 0 Å². The van der Waals surface area contributed by atoms with Crippen molar-refractivity contribution in [3.63, 3.8) is 0 Å². The van der Waals surface area contributed by atoms with Gasteiger partial charge >= 0.3 is 6.36 Å². The molecular formula is C29H22F3N3O8. The number of benzene rings is 3. The number of hydrogen-bond acceptors (Lipinski definition) is 9. The van der Waals surface area contributed by atoms with Crippen molar-refractivity contribution in [2.45, 2.75) is 26.0 Å². The van der Waals surface area contributed by atoms with Gasteiger partial charge in [0.25, 0.3) is 11.8 Å². The second kappa shape index (κ2) is 11.5. The molecule has 222 valence electrons. The number of carbonyl (C=O) groups is 2. The van der Waals surface area contributed by atoms with Gasteiger partial charge in [-0.2, -0.15) is 0 Å². The molecule has 0 unspecified atom stereocenters. The first-order valence-corrected chi connectivity index (χ1v) is 12.9. The summed E-state index contributed by atoms with van der Waals surface area (Å²) < 4.78 is 68.4. The zero-order valence-corrected chi connectivity index (χ0v) is 22.2. The van der Waals surface area contributed by atoms with Crippen molar-refractivity contribution in [2.75, 3.05) is 13.6 Å². The summed E-state index contributed by atoms with van der Waals surface area (Å²) in [6.45, 7) is 0.252. The second-order valence-electron chi connectivity index (χ2n) is 9.47. The molecule has 11 nitrogen and oxygen atoms in total. The molecule has 1 aromatic heterocycles. The van der Waals surface area contributed by atoms with E-state index in [0.29, 0.717) is 28.6 Å². The lowest BCUT2D eigenvalue weighted by Crippen LogP contribution is -2.30. The molecule has 0 radical (unpaired) electrons. The molecule has 0 saturated carbocycles. The van der Waals surface area contributed by atoms with E-state index >= 15 is 0 Å². The maximum atomic E-state index is 13.6. The Bertz CT molecular complexity index is 1660. The van der Waals surface area contributed by atoms with Crippen LogP contribution in [-0.4, -0.2) is 41.8 Å². The summed E-state index contributed by atoms with van der Waals surface area (Å²) in [4.78, 5) is 27.7. The van der Waals surface area contributed by atoms with Crippen molar-refractivity contribution in [1.82, 2.24) is 15.4 Å². The van der Waals surface area contributed by atoms with Crippen molar-refractivity contribution in [1.29, 1.82) is 0 Å². The number of aromatic nitrogens is 1. The van der Waals surface area contributed by atoms with E-state index in [4.69, 9.17) is 23.5 Å². The van der Waals surface area contributed by atoms with Crippen LogP contribution in [-0.2, 0) is 19.6 Å². The zero-order chi connectivity index (χ0) is 30.0. The van der Waals surface area contributed by atoms with E-state index < -0.39 is 23.9 Å². The van der Waals surface area contributed by atoms with Crippen LogP contribution in [0.15, 0.2) is 71.3 Å². The molecule has 14 heteroatoms. The van der Waals surface area contributed by atoms with Crippen LogP contribution in [0.1, 0.15) is 37.7 Å². The van der Waals surface area contributed by atoms with Gasteiger partial charge in [0.1, 0.15) is 5.75 Å². The molecule has 2 aliphatic heterocycles. The largest absolute Gasteiger partial charge is 0.573 e. The fraction of sp³-hybridized carbons (Fsp3) is 0.207. The number of fused-ring (bicyclic) bond motifs is 2. The van der Waals surface area contributed by atoms with Crippen molar-refractivity contribution >= 4 is 11.8 Å². The Morgan fingerprint density at radius 2 is 1.47 bits per heavy atom. The average Bonchev–Trinajstić information content (AvgIpc) is 3.76. The number of alkyl halides is 3. The van der Waals surface area contributed by atoms with Gasteiger partial charge in [-0.3, -0.25) is 9.59 Å². The molecule has 0 saturated heterocycles. The number of halogens is 3. The number of ether oxygens (including phenoxy) is 5. The Balaban J connectivity index is 1.16. The highest BCUT2D eigenvalue weighted by atomic mass is 19.4. The summed E-state index contributed by atoms with van der Waals surface area (Å²) in [5.74, 6) is 0.999. The molecular weight excluding hydrogens is 575 g/mol. The Kier molecular flexibility index (Phi) is 7.40. The van der Waals surface area contributed by atoms with Gasteiger partial charge in [0.15, 0.2) is 34.5 Å². The minimum atomic E-state index is -4.83. The fourth-order valence-corrected chi connectivity index (χ4v) is 4.44. The predicted octanol–water partition coefficient (Wildman–Crippen LogP) is 4.80. The molecule has 6 rings (SSSR count). The van der Waals surface area contributed by atoms with Crippen LogP contribution >= 0.6 is 0 Å². The molecule has 3 heterocycles. The second-order valence-corrected chi connectivity index (χ2v) is 9.47. The number of nitrogens with zero attached hydrogens (tertiary/aromatic N) is 2. The third-order valence-corrected chi connectivity index (χ3v) is 6.47. The predicted molar refractivity (Wildman–Crippen MR) is 140 cm³/mol. The monoisotopic (exact) mass is 597 g/mol. The maximum absolute atomic E-state index is 13.6. The lowest BCUT2D eigenvalue weighted by Gasteiger charge is -2.22. The van der Waals surface area contributed by atoms with Gasteiger partial charge in [0.2, 0.25) is 13.6 Å². The normalized spacial score (nSPS) is 13.1. The lowest BCUT2D eigenvalue weighted by molar-refractivity contribution is -0.274. The minimum Gasteiger partial charge on any atom is -0.454 e. The molecule has 43 heavy (non-hydrogen) atoms. The fourth-order valence-electron chi connectivity index (χ4n) is 4.44. The Hall–Kier alpha value is -5.40. The van der Waals surface area contributed by atoms with Gasteiger partial charge in [0.05, 0.1) is 6.54 Å². The van der Waals surface area contributed by atoms with E-state index in [1.165, 1.54) is 29.2 Å². The smallest absolute Gasteiger partial charge is 0.454 e. The standard InChI is InChI=1S/C29H22F3N3O8/c30-29(31,32)42-20-5-1-17(2-6-20)13-35(28(37)19-4-8-24-26(10-19)41-16-39-24)14-21-11-22(34-43-21)27(36)33-12-18-3-7-23-25(9-18)40-15-38-23/h1-11H,12-16H2,(H,33,36). The Morgan fingerprint density at radius 3 is 2.19 bits per heavy atom. The molecule has 0 aliphatic carbocycles. The average molecular weight is 598 g/mol. The maximum Gasteiger partial charge on any atom is 0.573 e. The summed E-state index contributed by atoms with van der Waals surface area (Å²) in [6.07, 6.45) is -4.83.